The number of aryl methyl sites for hydroxylation is 1. The third kappa shape index (κ3) is 4.50. The Balaban J connectivity index is 1.73. The number of aromatic nitrogens is 3. The number of nitrogens with zero attached hydrogens (tertiary/aromatic N) is 3. The maximum absolute atomic E-state index is 13.6. The second kappa shape index (κ2) is 8.84. The van der Waals surface area contributed by atoms with Crippen LogP contribution in [-0.2, 0) is 29.8 Å². The lowest BCUT2D eigenvalue weighted by Gasteiger charge is -2.15. The summed E-state index contributed by atoms with van der Waals surface area (Å²) in [7, 11) is -1.89. The zero-order valence-electron chi connectivity index (χ0n) is 19.9. The fraction of sp³-hybridized carbons (Fsp3) is 0.192. The van der Waals surface area contributed by atoms with Gasteiger partial charge in [0.1, 0.15) is 5.52 Å². The van der Waals surface area contributed by atoms with E-state index in [4.69, 9.17) is 0 Å². The molecular formula is C26H23F3N4O3S. The smallest absolute Gasteiger partial charge is 0.416 e. The summed E-state index contributed by atoms with van der Waals surface area (Å²) in [6, 6.07) is 12.3. The third-order valence-corrected chi connectivity index (χ3v) is 7.67. The van der Waals surface area contributed by atoms with Gasteiger partial charge < -0.3 is 14.2 Å². The van der Waals surface area contributed by atoms with Crippen LogP contribution in [0, 0.1) is 0 Å². The molecule has 192 valence electrons. The molecule has 11 heteroatoms. The van der Waals surface area contributed by atoms with Gasteiger partial charge in [-0.3, -0.25) is 4.72 Å². The van der Waals surface area contributed by atoms with Crippen molar-refractivity contribution in [3.63, 3.8) is 0 Å². The molecule has 0 atom stereocenters. The topological polar surface area (TPSA) is 89.2 Å². The molecule has 0 bridgehead atoms. The number of fused-ring (bicyclic) bond motifs is 2. The number of benzene rings is 2. The summed E-state index contributed by atoms with van der Waals surface area (Å²) >= 11 is 0. The summed E-state index contributed by atoms with van der Waals surface area (Å²) in [5, 5.41) is 11.5. The van der Waals surface area contributed by atoms with E-state index in [9.17, 15) is 26.7 Å². The Morgan fingerprint density at radius 1 is 1.08 bits per heavy atom. The van der Waals surface area contributed by atoms with Crippen LogP contribution in [0.15, 0.2) is 67.1 Å². The predicted octanol–water partition coefficient (Wildman–Crippen LogP) is 5.73. The first-order valence-electron chi connectivity index (χ1n) is 11.4. The molecule has 3 heterocycles. The standard InChI is InChI=1S/C26H23F3N4O3S/c1-3-37(35,36)31-22-12-17(20-15-32(2)24-18(20)8-10-30-25(24)34)13-23-19(22)9-11-33(23)14-16-6-4-5-7-21(16)26(27,28)29/h4-13,15,31H,3,14H2,1-2H3,(H,30,34). The van der Waals surface area contributed by atoms with Crippen LogP contribution in [0.3, 0.4) is 0 Å². The lowest BCUT2D eigenvalue weighted by molar-refractivity contribution is -0.138. The van der Waals surface area contributed by atoms with Crippen LogP contribution in [-0.4, -0.2) is 33.4 Å². The minimum atomic E-state index is -4.51. The van der Waals surface area contributed by atoms with Gasteiger partial charge >= 0.3 is 6.18 Å². The number of pyridine rings is 1. The molecule has 5 rings (SSSR count). The molecule has 0 fully saturated rings. The van der Waals surface area contributed by atoms with Gasteiger partial charge in [-0.25, -0.2) is 13.4 Å². The first-order chi connectivity index (χ1) is 17.5. The van der Waals surface area contributed by atoms with Crippen molar-refractivity contribution in [3.05, 3.63) is 78.2 Å². The van der Waals surface area contributed by atoms with Gasteiger partial charge in [-0.1, -0.05) is 18.2 Å². The summed E-state index contributed by atoms with van der Waals surface area (Å²) in [5.74, 6) is -0.294. The summed E-state index contributed by atoms with van der Waals surface area (Å²) in [4.78, 5) is 3.93. The minimum Gasteiger partial charge on any atom is -0.492 e. The Morgan fingerprint density at radius 3 is 2.57 bits per heavy atom. The molecule has 5 aromatic rings. The van der Waals surface area contributed by atoms with Crippen LogP contribution in [0.5, 0.6) is 5.88 Å². The number of aromatic hydroxyl groups is 1. The molecule has 2 N–H and O–H groups in total. The first kappa shape index (κ1) is 24.7. The highest BCUT2D eigenvalue weighted by molar-refractivity contribution is 7.92. The molecule has 0 saturated heterocycles. The number of sulfonamides is 1. The molecule has 0 aliphatic carbocycles. The molecule has 0 spiro atoms. The summed E-state index contributed by atoms with van der Waals surface area (Å²) < 4.78 is 71.9. The van der Waals surface area contributed by atoms with E-state index in [0.29, 0.717) is 38.6 Å². The van der Waals surface area contributed by atoms with Crippen molar-refractivity contribution in [1.82, 2.24) is 14.1 Å². The summed E-state index contributed by atoms with van der Waals surface area (Å²) in [6.45, 7) is 1.45. The molecule has 0 radical (unpaired) electrons. The van der Waals surface area contributed by atoms with E-state index in [0.717, 1.165) is 6.07 Å². The van der Waals surface area contributed by atoms with E-state index in [1.165, 1.54) is 25.3 Å². The van der Waals surface area contributed by atoms with Gasteiger partial charge in [-0.05, 0) is 48.4 Å². The van der Waals surface area contributed by atoms with Crippen molar-refractivity contribution in [1.29, 1.82) is 0 Å². The summed E-state index contributed by atoms with van der Waals surface area (Å²) in [6.07, 6.45) is 0.393. The monoisotopic (exact) mass is 528 g/mol. The van der Waals surface area contributed by atoms with Crippen molar-refractivity contribution in [2.24, 2.45) is 7.05 Å². The lowest BCUT2D eigenvalue weighted by Crippen LogP contribution is -2.15. The van der Waals surface area contributed by atoms with Gasteiger partial charge in [0.2, 0.25) is 15.9 Å². The van der Waals surface area contributed by atoms with E-state index < -0.39 is 21.8 Å². The molecule has 37 heavy (non-hydrogen) atoms. The maximum Gasteiger partial charge on any atom is 0.416 e. The van der Waals surface area contributed by atoms with Crippen molar-refractivity contribution in [2.45, 2.75) is 19.6 Å². The number of nitrogens with one attached hydrogen (secondary N) is 1. The van der Waals surface area contributed by atoms with Gasteiger partial charge in [-0.15, -0.1) is 0 Å². The van der Waals surface area contributed by atoms with Crippen LogP contribution in [0.25, 0.3) is 32.9 Å². The molecule has 2 aromatic carbocycles. The van der Waals surface area contributed by atoms with E-state index in [1.807, 2.05) is 6.07 Å². The Morgan fingerprint density at radius 2 is 1.84 bits per heavy atom. The highest BCUT2D eigenvalue weighted by atomic mass is 32.2. The predicted molar refractivity (Wildman–Crippen MR) is 137 cm³/mol. The Kier molecular flexibility index (Phi) is 5.90. The highest BCUT2D eigenvalue weighted by Crippen LogP contribution is 2.39. The normalized spacial score (nSPS) is 12.5. The Bertz CT molecular complexity index is 1750. The van der Waals surface area contributed by atoms with Crippen molar-refractivity contribution in [2.75, 3.05) is 10.5 Å². The van der Waals surface area contributed by atoms with Crippen LogP contribution in [0.4, 0.5) is 18.9 Å². The average molecular weight is 529 g/mol. The fourth-order valence-corrected chi connectivity index (χ4v) is 5.25. The molecular weight excluding hydrogens is 505 g/mol. The van der Waals surface area contributed by atoms with Crippen LogP contribution >= 0.6 is 0 Å². The number of alkyl halides is 3. The number of anilines is 1. The van der Waals surface area contributed by atoms with Gasteiger partial charge in [0, 0.05) is 48.5 Å². The molecule has 0 saturated carbocycles. The third-order valence-electron chi connectivity index (χ3n) is 6.38. The number of hydrogen-bond donors (Lipinski definition) is 2. The van der Waals surface area contributed by atoms with E-state index in [1.54, 1.807) is 52.8 Å². The highest BCUT2D eigenvalue weighted by Gasteiger charge is 2.33. The molecule has 0 aliphatic rings. The van der Waals surface area contributed by atoms with Crippen LogP contribution in [0.2, 0.25) is 0 Å². The second-order valence-corrected chi connectivity index (χ2v) is 10.8. The fourth-order valence-electron chi connectivity index (χ4n) is 4.60. The van der Waals surface area contributed by atoms with Gasteiger partial charge in [0.05, 0.1) is 22.5 Å². The first-order valence-corrected chi connectivity index (χ1v) is 13.1. The second-order valence-electron chi connectivity index (χ2n) is 8.75. The van der Waals surface area contributed by atoms with Gasteiger partial charge in [0.15, 0.2) is 0 Å². The Labute approximate surface area is 210 Å². The lowest BCUT2D eigenvalue weighted by atomic mass is 10.0. The molecule has 0 amide bonds. The molecule has 3 aromatic heterocycles. The minimum absolute atomic E-state index is 0.0666. The zero-order chi connectivity index (χ0) is 26.5. The van der Waals surface area contributed by atoms with E-state index in [-0.39, 0.29) is 23.7 Å². The van der Waals surface area contributed by atoms with Crippen LogP contribution in [0.1, 0.15) is 18.1 Å². The van der Waals surface area contributed by atoms with Gasteiger partial charge in [-0.2, -0.15) is 13.2 Å². The molecule has 7 nitrogen and oxygen atoms in total. The average Bonchev–Trinajstić information content (AvgIpc) is 3.40. The van der Waals surface area contributed by atoms with E-state index in [2.05, 4.69) is 9.71 Å². The van der Waals surface area contributed by atoms with Crippen molar-refractivity contribution in [3.8, 4) is 17.0 Å². The maximum atomic E-state index is 13.6. The molecule has 0 aliphatic heterocycles. The zero-order valence-corrected chi connectivity index (χ0v) is 20.7. The largest absolute Gasteiger partial charge is 0.492 e. The SMILES string of the molecule is CCS(=O)(=O)Nc1cc(-c2cn(C)c3c(O)nccc23)cc2c1ccn2Cc1ccccc1C(F)(F)F. The van der Waals surface area contributed by atoms with Gasteiger partial charge in [0.25, 0.3) is 0 Å². The number of rotatable bonds is 6. The number of hydrogen-bond acceptors (Lipinski definition) is 4. The Hall–Kier alpha value is -3.99. The van der Waals surface area contributed by atoms with Crippen molar-refractivity contribution >= 4 is 37.5 Å². The van der Waals surface area contributed by atoms with Crippen molar-refractivity contribution < 1.29 is 26.7 Å². The van der Waals surface area contributed by atoms with Crippen LogP contribution < -0.4 is 4.72 Å². The molecule has 0 unspecified atom stereocenters. The quantitative estimate of drug-likeness (QED) is 0.295. The van der Waals surface area contributed by atoms with E-state index >= 15 is 0 Å². The number of halogens is 3. The summed E-state index contributed by atoms with van der Waals surface area (Å²) in [5.41, 5.74) is 2.07.